The summed E-state index contributed by atoms with van der Waals surface area (Å²) in [5.41, 5.74) is 1.50. The number of rotatable bonds is 1. The summed E-state index contributed by atoms with van der Waals surface area (Å²) in [6, 6.07) is 12.4. The van der Waals surface area contributed by atoms with Crippen LogP contribution in [-0.4, -0.2) is 37.1 Å². The summed E-state index contributed by atoms with van der Waals surface area (Å²) in [6.45, 7) is 2.40. The minimum Gasteiger partial charge on any atom is -0.312 e. The lowest BCUT2D eigenvalue weighted by atomic mass is 9.87. The molecule has 2 heterocycles. The van der Waals surface area contributed by atoms with Crippen LogP contribution in [0.5, 0.6) is 0 Å². The molecule has 3 rings (SSSR count). The van der Waals surface area contributed by atoms with E-state index in [1.165, 1.54) is 37.8 Å². The highest BCUT2D eigenvalue weighted by Gasteiger charge is 2.39. The van der Waals surface area contributed by atoms with E-state index in [1.807, 2.05) is 0 Å². The number of likely N-dealkylation sites (N-methyl/N-ethyl adjacent to an activating group) is 1. The molecular weight excluding hydrogens is 220 g/mol. The largest absolute Gasteiger partial charge is 0.312 e. The van der Waals surface area contributed by atoms with Crippen molar-refractivity contribution in [1.82, 2.24) is 10.2 Å². The third-order valence-corrected chi connectivity index (χ3v) is 4.69. The van der Waals surface area contributed by atoms with Gasteiger partial charge in [0.05, 0.1) is 0 Å². The molecule has 0 amide bonds. The van der Waals surface area contributed by atoms with Gasteiger partial charge in [-0.2, -0.15) is 0 Å². The van der Waals surface area contributed by atoms with Crippen LogP contribution in [0.4, 0.5) is 0 Å². The van der Waals surface area contributed by atoms with Gasteiger partial charge in [-0.3, -0.25) is 0 Å². The SMILES string of the molecule is CN1CCCCCC2NC[C@@H](c3ccccc3)C21. The molecule has 2 unspecified atom stereocenters. The van der Waals surface area contributed by atoms with Gasteiger partial charge in [0.25, 0.3) is 0 Å². The van der Waals surface area contributed by atoms with Crippen molar-refractivity contribution in [2.45, 2.75) is 43.7 Å². The summed E-state index contributed by atoms with van der Waals surface area (Å²) in [5, 5.41) is 3.76. The zero-order valence-corrected chi connectivity index (χ0v) is 11.3. The normalized spacial score (nSPS) is 33.7. The van der Waals surface area contributed by atoms with Crippen molar-refractivity contribution in [3.63, 3.8) is 0 Å². The molecule has 0 aromatic heterocycles. The average Bonchev–Trinajstić information content (AvgIpc) is 2.80. The Balaban J connectivity index is 1.83. The van der Waals surface area contributed by atoms with Crippen molar-refractivity contribution in [2.24, 2.45) is 0 Å². The fraction of sp³-hybridized carbons (Fsp3) is 0.625. The zero-order valence-electron chi connectivity index (χ0n) is 11.3. The first kappa shape index (κ1) is 12.2. The third kappa shape index (κ3) is 2.32. The molecule has 1 aromatic carbocycles. The number of nitrogens with zero attached hydrogens (tertiary/aromatic N) is 1. The van der Waals surface area contributed by atoms with Crippen molar-refractivity contribution in [3.8, 4) is 0 Å². The van der Waals surface area contributed by atoms with Crippen molar-refractivity contribution in [1.29, 1.82) is 0 Å². The first-order valence-corrected chi connectivity index (χ1v) is 7.35. The van der Waals surface area contributed by atoms with Gasteiger partial charge >= 0.3 is 0 Å². The van der Waals surface area contributed by atoms with E-state index in [4.69, 9.17) is 0 Å². The Morgan fingerprint density at radius 3 is 2.78 bits per heavy atom. The molecule has 18 heavy (non-hydrogen) atoms. The van der Waals surface area contributed by atoms with E-state index in [9.17, 15) is 0 Å². The minimum atomic E-state index is 0.666. The van der Waals surface area contributed by atoms with Crippen molar-refractivity contribution in [2.75, 3.05) is 20.1 Å². The summed E-state index contributed by atoms with van der Waals surface area (Å²) >= 11 is 0. The van der Waals surface area contributed by atoms with Gasteiger partial charge in [-0.05, 0) is 32.0 Å². The highest BCUT2D eigenvalue weighted by atomic mass is 15.2. The van der Waals surface area contributed by atoms with Crippen LogP contribution in [0.1, 0.15) is 37.2 Å². The summed E-state index contributed by atoms with van der Waals surface area (Å²) in [5.74, 6) is 0.666. The second-order valence-electron chi connectivity index (χ2n) is 5.85. The van der Waals surface area contributed by atoms with Crippen LogP contribution in [0.25, 0.3) is 0 Å². The third-order valence-electron chi connectivity index (χ3n) is 4.69. The first-order chi connectivity index (χ1) is 8.86. The summed E-state index contributed by atoms with van der Waals surface area (Å²) in [4.78, 5) is 2.60. The van der Waals surface area contributed by atoms with Gasteiger partial charge in [-0.1, -0.05) is 43.2 Å². The highest BCUT2D eigenvalue weighted by molar-refractivity contribution is 5.25. The predicted octanol–water partition coefficient (Wildman–Crippen LogP) is 2.62. The number of hydrogen-bond donors (Lipinski definition) is 1. The lowest BCUT2D eigenvalue weighted by Gasteiger charge is -2.35. The topological polar surface area (TPSA) is 15.3 Å². The van der Waals surface area contributed by atoms with E-state index >= 15 is 0 Å². The van der Waals surface area contributed by atoms with Gasteiger partial charge in [0.1, 0.15) is 0 Å². The molecule has 0 radical (unpaired) electrons. The molecule has 2 nitrogen and oxygen atoms in total. The highest BCUT2D eigenvalue weighted by Crippen LogP contribution is 2.33. The molecule has 0 saturated carbocycles. The van der Waals surface area contributed by atoms with Crippen molar-refractivity contribution in [3.05, 3.63) is 35.9 Å². The Labute approximate surface area is 110 Å². The molecular formula is C16H24N2. The number of likely N-dealkylation sites (tertiary alicyclic amines) is 1. The van der Waals surface area contributed by atoms with Gasteiger partial charge in [0, 0.05) is 24.5 Å². The minimum absolute atomic E-state index is 0.666. The van der Waals surface area contributed by atoms with Gasteiger partial charge in [-0.15, -0.1) is 0 Å². The second kappa shape index (κ2) is 5.41. The summed E-state index contributed by atoms with van der Waals surface area (Å²) in [7, 11) is 2.31. The van der Waals surface area contributed by atoms with Gasteiger partial charge < -0.3 is 10.2 Å². The lowest BCUT2D eigenvalue weighted by Crippen LogP contribution is -2.45. The maximum atomic E-state index is 3.76. The van der Waals surface area contributed by atoms with Crippen LogP contribution in [0, 0.1) is 0 Å². The Bertz CT molecular complexity index is 376. The molecule has 2 aliphatic rings. The average molecular weight is 244 g/mol. The molecule has 1 aromatic rings. The standard InChI is InChI=1S/C16H24N2/c1-18-11-7-3-6-10-15-16(18)14(12-17-15)13-8-4-2-5-9-13/h2,4-5,8-9,14-17H,3,6-7,10-12H2,1H3/t14-,15?,16?/m0/s1. The molecule has 3 atom stereocenters. The van der Waals surface area contributed by atoms with E-state index in [-0.39, 0.29) is 0 Å². The summed E-state index contributed by atoms with van der Waals surface area (Å²) in [6.07, 6.45) is 5.49. The van der Waals surface area contributed by atoms with E-state index in [2.05, 4.69) is 47.6 Å². The van der Waals surface area contributed by atoms with Gasteiger partial charge in [-0.25, -0.2) is 0 Å². The molecule has 98 valence electrons. The van der Waals surface area contributed by atoms with Crippen molar-refractivity contribution >= 4 is 0 Å². The van der Waals surface area contributed by atoms with Gasteiger partial charge in [0.2, 0.25) is 0 Å². The second-order valence-corrected chi connectivity index (χ2v) is 5.85. The maximum absolute atomic E-state index is 3.76. The quantitative estimate of drug-likeness (QED) is 0.817. The Morgan fingerprint density at radius 2 is 1.94 bits per heavy atom. The van der Waals surface area contributed by atoms with E-state index in [1.54, 1.807) is 0 Å². The molecule has 0 aliphatic carbocycles. The monoisotopic (exact) mass is 244 g/mol. The fourth-order valence-corrected chi connectivity index (χ4v) is 3.75. The first-order valence-electron chi connectivity index (χ1n) is 7.35. The van der Waals surface area contributed by atoms with E-state index in [0.29, 0.717) is 18.0 Å². The van der Waals surface area contributed by atoms with Crippen LogP contribution >= 0.6 is 0 Å². The van der Waals surface area contributed by atoms with Crippen molar-refractivity contribution < 1.29 is 0 Å². The molecule has 2 fully saturated rings. The van der Waals surface area contributed by atoms with Crippen LogP contribution in [0.15, 0.2) is 30.3 Å². The summed E-state index contributed by atoms with van der Waals surface area (Å²) < 4.78 is 0. The lowest BCUT2D eigenvalue weighted by molar-refractivity contribution is 0.184. The predicted molar refractivity (Wildman–Crippen MR) is 75.9 cm³/mol. The van der Waals surface area contributed by atoms with Crippen LogP contribution in [0.2, 0.25) is 0 Å². The molecule has 1 N–H and O–H groups in total. The fourth-order valence-electron chi connectivity index (χ4n) is 3.75. The molecule has 2 heteroatoms. The number of hydrogen-bond acceptors (Lipinski definition) is 2. The number of fused-ring (bicyclic) bond motifs is 1. The molecule has 2 aliphatic heterocycles. The molecule has 0 spiro atoms. The van der Waals surface area contributed by atoms with Crippen LogP contribution < -0.4 is 5.32 Å². The Morgan fingerprint density at radius 1 is 1.11 bits per heavy atom. The van der Waals surface area contributed by atoms with Crippen LogP contribution in [0.3, 0.4) is 0 Å². The van der Waals surface area contributed by atoms with E-state index in [0.717, 1.165) is 6.54 Å². The zero-order chi connectivity index (χ0) is 12.4. The smallest absolute Gasteiger partial charge is 0.0327 e. The Hall–Kier alpha value is -0.860. The molecule has 2 saturated heterocycles. The van der Waals surface area contributed by atoms with Gasteiger partial charge in [0.15, 0.2) is 0 Å². The number of nitrogens with one attached hydrogen (secondary N) is 1. The Kier molecular flexibility index (Phi) is 3.67. The molecule has 0 bridgehead atoms. The number of benzene rings is 1. The maximum Gasteiger partial charge on any atom is 0.0327 e. The van der Waals surface area contributed by atoms with Crippen LogP contribution in [-0.2, 0) is 0 Å². The van der Waals surface area contributed by atoms with E-state index < -0.39 is 0 Å².